The molecule has 2 heterocycles. The van der Waals surface area contributed by atoms with E-state index in [9.17, 15) is 19.5 Å². The van der Waals surface area contributed by atoms with Gasteiger partial charge in [0.1, 0.15) is 5.60 Å². The van der Waals surface area contributed by atoms with Gasteiger partial charge in [-0.15, -0.1) is 0 Å². The summed E-state index contributed by atoms with van der Waals surface area (Å²) in [4.78, 5) is 37.6. The van der Waals surface area contributed by atoms with Crippen LogP contribution >= 0.6 is 0 Å². The molecule has 0 spiro atoms. The fourth-order valence-electron chi connectivity index (χ4n) is 3.90. The van der Waals surface area contributed by atoms with Crippen molar-refractivity contribution in [3.05, 3.63) is 35.4 Å². The van der Waals surface area contributed by atoms with E-state index in [1.165, 1.54) is 0 Å². The molecule has 2 saturated heterocycles. The van der Waals surface area contributed by atoms with Gasteiger partial charge >= 0.3 is 6.09 Å². The van der Waals surface area contributed by atoms with E-state index in [1.807, 2.05) is 52.0 Å². The molecule has 2 fully saturated rings. The highest BCUT2D eigenvalue weighted by molar-refractivity contribution is 6.03. The molecule has 0 radical (unpaired) electrons. The summed E-state index contributed by atoms with van der Waals surface area (Å²) in [5.74, 6) is -0.527. The van der Waals surface area contributed by atoms with Crippen LogP contribution in [0, 0.1) is 0 Å². The number of likely N-dealkylation sites (tertiary alicyclic amines) is 1. The SMILES string of the molecule is CC(C)(C)OC(=O)N1CCC(O)(c2ccc([C@@]3(C)CCC(=O)NC3=O)cc2)CC1. The summed E-state index contributed by atoms with van der Waals surface area (Å²) in [6.07, 6.45) is 1.25. The quantitative estimate of drug-likeness (QED) is 0.742. The van der Waals surface area contributed by atoms with E-state index in [1.54, 1.807) is 4.90 Å². The molecule has 2 N–H and O–H groups in total. The van der Waals surface area contributed by atoms with Gasteiger partial charge in [-0.3, -0.25) is 14.9 Å². The average Bonchev–Trinajstić information content (AvgIpc) is 2.64. The highest BCUT2D eigenvalue weighted by atomic mass is 16.6. The van der Waals surface area contributed by atoms with Crippen LogP contribution in [0.25, 0.3) is 0 Å². The number of aliphatic hydroxyl groups is 1. The number of amides is 3. The van der Waals surface area contributed by atoms with Crippen molar-refractivity contribution in [1.29, 1.82) is 0 Å². The van der Waals surface area contributed by atoms with Crippen LogP contribution in [0.5, 0.6) is 0 Å². The van der Waals surface area contributed by atoms with E-state index in [-0.39, 0.29) is 17.9 Å². The van der Waals surface area contributed by atoms with Gasteiger partial charge in [0.2, 0.25) is 11.8 Å². The Hall–Kier alpha value is -2.41. The van der Waals surface area contributed by atoms with Gasteiger partial charge in [0.15, 0.2) is 0 Å². The number of ether oxygens (including phenoxy) is 1. The molecule has 1 atom stereocenters. The highest BCUT2D eigenvalue weighted by Crippen LogP contribution is 2.36. The first kappa shape index (κ1) is 21.3. The number of nitrogens with one attached hydrogen (secondary N) is 1. The standard InChI is InChI=1S/C22H30N2O5/c1-20(2,3)29-19(27)24-13-11-22(28,12-14-24)16-7-5-15(6-8-16)21(4)10-9-17(25)23-18(21)26/h5-8,28H,9-14H2,1-4H3,(H,23,25,26)/t21-/m1/s1. The lowest BCUT2D eigenvalue weighted by molar-refractivity contribution is -0.137. The summed E-state index contributed by atoms with van der Waals surface area (Å²) < 4.78 is 5.41. The fraction of sp³-hybridized carbons (Fsp3) is 0.591. The average molecular weight is 402 g/mol. The predicted molar refractivity (Wildman–Crippen MR) is 107 cm³/mol. The first-order valence-corrected chi connectivity index (χ1v) is 10.1. The van der Waals surface area contributed by atoms with Gasteiger partial charge in [0.25, 0.3) is 0 Å². The lowest BCUT2D eigenvalue weighted by atomic mass is 9.74. The first-order valence-electron chi connectivity index (χ1n) is 10.1. The molecule has 0 aromatic heterocycles. The number of hydrogen-bond donors (Lipinski definition) is 2. The van der Waals surface area contributed by atoms with Crippen molar-refractivity contribution < 1.29 is 24.2 Å². The van der Waals surface area contributed by atoms with Crippen LogP contribution in [0.3, 0.4) is 0 Å². The van der Waals surface area contributed by atoms with Gasteiger partial charge in [-0.05, 0) is 58.1 Å². The third-order valence-electron chi connectivity index (χ3n) is 5.91. The molecule has 0 aliphatic carbocycles. The Morgan fingerprint density at radius 2 is 1.62 bits per heavy atom. The molecule has 0 saturated carbocycles. The molecule has 1 aromatic rings. The van der Waals surface area contributed by atoms with Crippen molar-refractivity contribution in [3.8, 4) is 0 Å². The minimum atomic E-state index is -1.03. The van der Waals surface area contributed by atoms with E-state index in [0.29, 0.717) is 38.8 Å². The van der Waals surface area contributed by atoms with Crippen LogP contribution in [0.4, 0.5) is 4.79 Å². The van der Waals surface area contributed by atoms with Gasteiger partial charge in [-0.25, -0.2) is 4.79 Å². The van der Waals surface area contributed by atoms with Crippen molar-refractivity contribution >= 4 is 17.9 Å². The summed E-state index contributed by atoms with van der Waals surface area (Å²) in [6.45, 7) is 8.14. The minimum absolute atomic E-state index is 0.241. The number of imide groups is 1. The Balaban J connectivity index is 1.68. The second-order valence-electron chi connectivity index (χ2n) is 9.29. The molecule has 7 heteroatoms. The van der Waals surface area contributed by atoms with Crippen molar-refractivity contribution in [3.63, 3.8) is 0 Å². The van der Waals surface area contributed by atoms with Gasteiger partial charge in [0.05, 0.1) is 11.0 Å². The smallest absolute Gasteiger partial charge is 0.410 e. The number of carbonyl (C=O) groups is 3. The Morgan fingerprint density at radius 1 is 1.07 bits per heavy atom. The van der Waals surface area contributed by atoms with Gasteiger partial charge in [-0.1, -0.05) is 24.3 Å². The summed E-state index contributed by atoms with van der Waals surface area (Å²) in [7, 11) is 0. The molecule has 2 aliphatic heterocycles. The Morgan fingerprint density at radius 3 is 2.14 bits per heavy atom. The Kier molecular flexibility index (Phi) is 5.47. The second kappa shape index (κ2) is 7.44. The van der Waals surface area contributed by atoms with E-state index in [0.717, 1.165) is 11.1 Å². The highest BCUT2D eigenvalue weighted by Gasteiger charge is 2.41. The minimum Gasteiger partial charge on any atom is -0.444 e. The lowest BCUT2D eigenvalue weighted by Crippen LogP contribution is -2.49. The first-order chi connectivity index (χ1) is 13.4. The molecule has 158 valence electrons. The van der Waals surface area contributed by atoms with Gasteiger partial charge in [0, 0.05) is 19.5 Å². The third kappa shape index (κ3) is 4.45. The molecular formula is C22H30N2O5. The van der Waals surface area contributed by atoms with Crippen molar-refractivity contribution in [2.45, 2.75) is 70.0 Å². The molecule has 29 heavy (non-hydrogen) atoms. The monoisotopic (exact) mass is 402 g/mol. The van der Waals surface area contributed by atoms with E-state index in [2.05, 4.69) is 5.32 Å². The lowest BCUT2D eigenvalue weighted by Gasteiger charge is -2.39. The molecule has 3 amide bonds. The molecule has 7 nitrogen and oxygen atoms in total. The normalized spacial score (nSPS) is 24.8. The summed E-state index contributed by atoms with van der Waals surface area (Å²) >= 11 is 0. The van der Waals surface area contributed by atoms with Crippen LogP contribution < -0.4 is 5.32 Å². The summed E-state index contributed by atoms with van der Waals surface area (Å²) in [5, 5.41) is 13.5. The van der Waals surface area contributed by atoms with Crippen LogP contribution in [0.1, 0.15) is 64.5 Å². The third-order valence-corrected chi connectivity index (χ3v) is 5.91. The second-order valence-corrected chi connectivity index (χ2v) is 9.29. The summed E-state index contributed by atoms with van der Waals surface area (Å²) in [5.41, 5.74) is -0.743. The van der Waals surface area contributed by atoms with Crippen molar-refractivity contribution in [2.24, 2.45) is 0 Å². The fourth-order valence-corrected chi connectivity index (χ4v) is 3.90. The van der Waals surface area contributed by atoms with Gasteiger partial charge in [-0.2, -0.15) is 0 Å². The molecule has 0 bridgehead atoms. The zero-order valence-corrected chi connectivity index (χ0v) is 17.6. The van der Waals surface area contributed by atoms with E-state index in [4.69, 9.17) is 4.74 Å². The molecule has 0 unspecified atom stereocenters. The summed E-state index contributed by atoms with van der Waals surface area (Å²) in [6, 6.07) is 7.38. The number of piperidine rings is 2. The zero-order valence-electron chi connectivity index (χ0n) is 17.6. The van der Waals surface area contributed by atoms with Crippen LogP contribution in [0.15, 0.2) is 24.3 Å². The topological polar surface area (TPSA) is 95.9 Å². The molecule has 3 rings (SSSR count). The number of nitrogens with zero attached hydrogens (tertiary/aromatic N) is 1. The van der Waals surface area contributed by atoms with Crippen LogP contribution in [-0.2, 0) is 25.3 Å². The maximum Gasteiger partial charge on any atom is 0.410 e. The van der Waals surface area contributed by atoms with Crippen molar-refractivity contribution in [1.82, 2.24) is 10.2 Å². The Labute approximate surface area is 171 Å². The number of rotatable bonds is 2. The van der Waals surface area contributed by atoms with E-state index >= 15 is 0 Å². The molecule has 1 aromatic carbocycles. The van der Waals surface area contributed by atoms with Gasteiger partial charge < -0.3 is 14.7 Å². The molecule has 2 aliphatic rings. The van der Waals surface area contributed by atoms with Crippen LogP contribution in [-0.4, -0.2) is 46.6 Å². The zero-order chi connectivity index (χ0) is 21.4. The Bertz CT molecular complexity index is 803. The van der Waals surface area contributed by atoms with E-state index < -0.39 is 16.6 Å². The predicted octanol–water partition coefficient (Wildman–Crippen LogP) is 2.60. The maximum absolute atomic E-state index is 12.3. The number of hydrogen-bond acceptors (Lipinski definition) is 5. The number of carbonyl (C=O) groups excluding carboxylic acids is 3. The maximum atomic E-state index is 12.3. The van der Waals surface area contributed by atoms with Crippen LogP contribution in [0.2, 0.25) is 0 Å². The van der Waals surface area contributed by atoms with Crippen molar-refractivity contribution in [2.75, 3.05) is 13.1 Å². The largest absolute Gasteiger partial charge is 0.444 e. The molecular weight excluding hydrogens is 372 g/mol. The number of benzene rings is 1.